The van der Waals surface area contributed by atoms with Crippen LogP contribution in [0.15, 0.2) is 40.8 Å². The Hall–Kier alpha value is -3.79. The van der Waals surface area contributed by atoms with Crippen LogP contribution in [0.5, 0.6) is 0 Å². The summed E-state index contributed by atoms with van der Waals surface area (Å²) in [7, 11) is 0. The number of carbonyl (C=O) groups is 3. The molecule has 0 fully saturated rings. The van der Waals surface area contributed by atoms with Crippen LogP contribution in [0.1, 0.15) is 56.9 Å². The third-order valence-corrected chi connectivity index (χ3v) is 7.10. The van der Waals surface area contributed by atoms with Gasteiger partial charge in [0.2, 0.25) is 0 Å². The molecule has 0 radical (unpaired) electrons. The van der Waals surface area contributed by atoms with Gasteiger partial charge >= 0.3 is 12.1 Å². The fraction of sp³-hybridized carbons (Fsp3) is 0.320. The maximum atomic E-state index is 13.0. The quantitative estimate of drug-likeness (QED) is 0.500. The first-order chi connectivity index (χ1) is 17.0. The van der Waals surface area contributed by atoms with Gasteiger partial charge in [-0.3, -0.25) is 4.79 Å². The number of benzene rings is 1. The number of nitrogens with zero attached hydrogens (tertiary/aromatic N) is 1. The molecule has 5 rings (SSSR count). The summed E-state index contributed by atoms with van der Waals surface area (Å²) in [6, 6.07) is 10.6. The number of ether oxygens (including phenoxy) is 2. The summed E-state index contributed by atoms with van der Waals surface area (Å²) in [5.74, 6) is 0.650. The highest BCUT2D eigenvalue weighted by molar-refractivity contribution is 7.16. The van der Waals surface area contributed by atoms with Gasteiger partial charge in [-0.25, -0.2) is 9.59 Å². The van der Waals surface area contributed by atoms with E-state index in [9.17, 15) is 14.4 Å². The average Bonchev–Trinajstić information content (AvgIpc) is 3.49. The van der Waals surface area contributed by atoms with Gasteiger partial charge in [-0.2, -0.15) is 0 Å². The predicted octanol–water partition coefficient (Wildman–Crippen LogP) is 4.55. The Bertz CT molecular complexity index is 1280. The molecule has 9 nitrogen and oxygen atoms in total. The maximum Gasteiger partial charge on any atom is 0.410 e. The Balaban J connectivity index is 1.33. The first kappa shape index (κ1) is 23.0. The molecular formula is C25H25N3O6S. The minimum absolute atomic E-state index is 0.164. The molecule has 0 saturated heterocycles. The fourth-order valence-electron chi connectivity index (χ4n) is 4.28. The molecule has 1 unspecified atom stereocenters. The average molecular weight is 496 g/mol. The number of anilines is 1. The molecule has 2 amide bonds. The molecule has 1 aromatic carbocycles. The number of amides is 2. The van der Waals surface area contributed by atoms with Gasteiger partial charge in [0.1, 0.15) is 16.5 Å². The van der Waals surface area contributed by atoms with Crippen molar-refractivity contribution in [3.05, 3.63) is 63.7 Å². The molecular weight excluding hydrogens is 470 g/mol. The van der Waals surface area contributed by atoms with E-state index in [0.717, 1.165) is 21.0 Å². The Labute approximate surface area is 206 Å². The van der Waals surface area contributed by atoms with E-state index >= 15 is 0 Å². The third kappa shape index (κ3) is 4.37. The van der Waals surface area contributed by atoms with Crippen LogP contribution in [0.3, 0.4) is 0 Å². The van der Waals surface area contributed by atoms with E-state index in [1.165, 1.54) is 11.3 Å². The van der Waals surface area contributed by atoms with Gasteiger partial charge in [-0.1, -0.05) is 12.1 Å². The molecule has 0 bridgehead atoms. The Morgan fingerprint density at radius 1 is 1.09 bits per heavy atom. The van der Waals surface area contributed by atoms with Crippen molar-refractivity contribution in [3.63, 3.8) is 0 Å². The zero-order valence-corrected chi connectivity index (χ0v) is 20.2. The summed E-state index contributed by atoms with van der Waals surface area (Å²) >= 11 is 1.48. The minimum atomic E-state index is -0.524. The highest BCUT2D eigenvalue weighted by Gasteiger charge is 2.35. The zero-order valence-electron chi connectivity index (χ0n) is 19.4. The van der Waals surface area contributed by atoms with Crippen molar-refractivity contribution >= 4 is 34.3 Å². The monoisotopic (exact) mass is 495 g/mol. The van der Waals surface area contributed by atoms with Gasteiger partial charge < -0.3 is 29.4 Å². The lowest BCUT2D eigenvalue weighted by molar-refractivity contribution is 0.0526. The van der Waals surface area contributed by atoms with Crippen LogP contribution in [-0.4, -0.2) is 42.6 Å². The Morgan fingerprint density at radius 2 is 1.86 bits per heavy atom. The SMILES string of the molecule is CCOC(=O)c1ccc(-c2ccc(C3NC(=O)c4c(sc5c4CCN(C(=O)OCC)C5)N3)o2)cc1. The Morgan fingerprint density at radius 3 is 2.60 bits per heavy atom. The number of nitrogens with one attached hydrogen (secondary N) is 2. The van der Waals surface area contributed by atoms with Crippen molar-refractivity contribution in [1.82, 2.24) is 10.2 Å². The van der Waals surface area contributed by atoms with Crippen LogP contribution in [-0.2, 0) is 22.4 Å². The number of hydrogen-bond acceptors (Lipinski definition) is 8. The van der Waals surface area contributed by atoms with E-state index in [-0.39, 0.29) is 18.0 Å². The second-order valence-corrected chi connectivity index (χ2v) is 9.23. The van der Waals surface area contributed by atoms with Crippen molar-refractivity contribution < 1.29 is 28.3 Å². The number of hydrogen-bond donors (Lipinski definition) is 2. The van der Waals surface area contributed by atoms with Crippen LogP contribution in [0.25, 0.3) is 11.3 Å². The summed E-state index contributed by atoms with van der Waals surface area (Å²) in [4.78, 5) is 39.7. The maximum absolute atomic E-state index is 13.0. The minimum Gasteiger partial charge on any atom is -0.462 e. The normalized spacial score (nSPS) is 16.6. The molecule has 2 N–H and O–H groups in total. The van der Waals surface area contributed by atoms with Gasteiger partial charge in [-0.15, -0.1) is 11.3 Å². The molecule has 0 saturated carbocycles. The number of furan rings is 1. The molecule has 2 aromatic heterocycles. The molecule has 182 valence electrons. The lowest BCUT2D eigenvalue weighted by Gasteiger charge is -2.27. The van der Waals surface area contributed by atoms with Crippen LogP contribution < -0.4 is 10.6 Å². The first-order valence-corrected chi connectivity index (χ1v) is 12.3. The summed E-state index contributed by atoms with van der Waals surface area (Å²) in [5, 5.41) is 7.12. The number of thiophene rings is 1. The van der Waals surface area contributed by atoms with E-state index in [2.05, 4.69) is 10.6 Å². The van der Waals surface area contributed by atoms with Gasteiger partial charge in [0.25, 0.3) is 5.91 Å². The summed E-state index contributed by atoms with van der Waals surface area (Å²) in [6.45, 7) is 5.14. The van der Waals surface area contributed by atoms with Crippen LogP contribution in [0, 0.1) is 0 Å². The summed E-state index contributed by atoms with van der Waals surface area (Å²) in [5.41, 5.74) is 2.90. The zero-order chi connectivity index (χ0) is 24.5. The lowest BCUT2D eigenvalue weighted by atomic mass is 10.0. The van der Waals surface area contributed by atoms with E-state index in [1.807, 2.05) is 12.1 Å². The van der Waals surface area contributed by atoms with Gasteiger partial charge in [0, 0.05) is 17.0 Å². The van der Waals surface area contributed by atoms with Crippen molar-refractivity contribution in [1.29, 1.82) is 0 Å². The standard InChI is InChI=1S/C25H25N3O6S/c1-3-32-24(30)15-7-5-14(6-8-15)17-9-10-18(34-17)21-26-22(29)20-16-11-12-28(25(31)33-4-2)13-19(16)35-23(20)27-21/h5-10,21,27H,3-4,11-13H2,1-2H3,(H,26,29). The van der Waals surface area contributed by atoms with Crippen LogP contribution >= 0.6 is 11.3 Å². The van der Waals surface area contributed by atoms with E-state index in [1.54, 1.807) is 43.0 Å². The molecule has 2 aliphatic heterocycles. The van der Waals surface area contributed by atoms with E-state index in [0.29, 0.717) is 55.4 Å². The molecule has 35 heavy (non-hydrogen) atoms. The van der Waals surface area contributed by atoms with Gasteiger partial charge in [0.15, 0.2) is 6.17 Å². The smallest absolute Gasteiger partial charge is 0.410 e. The molecule has 10 heteroatoms. The number of carbonyl (C=O) groups excluding carboxylic acids is 3. The lowest BCUT2D eigenvalue weighted by Crippen LogP contribution is -2.39. The van der Waals surface area contributed by atoms with Crippen molar-refractivity contribution in [2.45, 2.75) is 33.0 Å². The van der Waals surface area contributed by atoms with Crippen LogP contribution in [0.4, 0.5) is 9.80 Å². The van der Waals surface area contributed by atoms with Gasteiger partial charge in [-0.05, 0) is 50.1 Å². The molecule has 0 aliphatic carbocycles. The first-order valence-electron chi connectivity index (χ1n) is 11.5. The molecule has 4 heterocycles. The van der Waals surface area contributed by atoms with Crippen molar-refractivity contribution in [2.75, 3.05) is 25.1 Å². The molecule has 2 aliphatic rings. The van der Waals surface area contributed by atoms with Crippen molar-refractivity contribution in [3.8, 4) is 11.3 Å². The van der Waals surface area contributed by atoms with E-state index < -0.39 is 6.17 Å². The second-order valence-electron chi connectivity index (χ2n) is 8.13. The summed E-state index contributed by atoms with van der Waals surface area (Å²) in [6.07, 6.45) is -0.256. The highest BCUT2D eigenvalue weighted by Crippen LogP contribution is 2.41. The van der Waals surface area contributed by atoms with Crippen LogP contribution in [0.2, 0.25) is 0 Å². The third-order valence-electron chi connectivity index (χ3n) is 5.95. The second kappa shape index (κ2) is 9.46. The largest absolute Gasteiger partial charge is 0.462 e. The number of fused-ring (bicyclic) bond motifs is 3. The topological polar surface area (TPSA) is 110 Å². The molecule has 1 atom stereocenters. The summed E-state index contributed by atoms with van der Waals surface area (Å²) < 4.78 is 16.2. The van der Waals surface area contributed by atoms with Crippen molar-refractivity contribution in [2.24, 2.45) is 0 Å². The molecule has 0 spiro atoms. The fourth-order valence-corrected chi connectivity index (χ4v) is 5.57. The predicted molar refractivity (Wildman–Crippen MR) is 129 cm³/mol. The molecule has 3 aromatic rings. The van der Waals surface area contributed by atoms with Gasteiger partial charge in [0.05, 0.1) is 30.9 Å². The highest BCUT2D eigenvalue weighted by atomic mass is 32.1. The number of rotatable bonds is 5. The van der Waals surface area contributed by atoms with E-state index in [4.69, 9.17) is 13.9 Å². The Kier molecular flexibility index (Phi) is 6.21. The number of esters is 1.